The highest BCUT2D eigenvalue weighted by molar-refractivity contribution is 6.00. The summed E-state index contributed by atoms with van der Waals surface area (Å²) in [5.74, 6) is 0.605. The summed E-state index contributed by atoms with van der Waals surface area (Å²) in [5, 5.41) is 4.03. The van der Waals surface area contributed by atoms with E-state index in [4.69, 9.17) is 14.2 Å². The van der Waals surface area contributed by atoms with Crippen LogP contribution in [-0.4, -0.2) is 45.9 Å². The quantitative estimate of drug-likeness (QED) is 0.544. The number of ether oxygens (including phenoxy) is 3. The number of hydrogen-bond acceptors (Lipinski definition) is 6. The molecule has 0 spiro atoms. The van der Waals surface area contributed by atoms with Crippen molar-refractivity contribution in [2.75, 3.05) is 32.8 Å². The van der Waals surface area contributed by atoms with Crippen molar-refractivity contribution in [1.29, 1.82) is 0 Å². The molecule has 0 bridgehead atoms. The number of aryl methyl sites for hydroxylation is 2. The first-order valence-electron chi connectivity index (χ1n) is 9.88. The SMILES string of the molecule is COc1cc(/C=N\NC(=O)[C@@H]2CC(=O)N(c3ccc(C)c(C)c3)C2)cc(OC)c1OC. The Morgan fingerprint density at radius 3 is 2.32 bits per heavy atom. The molecule has 0 aliphatic carbocycles. The standard InChI is InChI=1S/C23H27N3O5/c1-14-6-7-18(8-15(14)2)26-13-17(11-21(26)27)23(28)25-24-12-16-9-19(29-3)22(31-5)20(10-16)30-4/h6-10,12,17H,11,13H2,1-5H3,(H,25,28)/b24-12-/t17-/m1/s1. The van der Waals surface area contributed by atoms with E-state index in [2.05, 4.69) is 10.5 Å². The second-order valence-electron chi connectivity index (χ2n) is 7.37. The molecular formula is C23H27N3O5. The Morgan fingerprint density at radius 1 is 1.06 bits per heavy atom. The van der Waals surface area contributed by atoms with E-state index < -0.39 is 5.92 Å². The van der Waals surface area contributed by atoms with Gasteiger partial charge in [-0.05, 0) is 49.2 Å². The fraction of sp³-hybridized carbons (Fsp3) is 0.348. The molecule has 0 radical (unpaired) electrons. The lowest BCUT2D eigenvalue weighted by molar-refractivity contribution is -0.126. The molecule has 1 saturated heterocycles. The topological polar surface area (TPSA) is 89.5 Å². The molecule has 1 aliphatic heterocycles. The zero-order chi connectivity index (χ0) is 22.5. The number of nitrogens with one attached hydrogen (secondary N) is 1. The zero-order valence-corrected chi connectivity index (χ0v) is 18.4. The second kappa shape index (κ2) is 9.51. The molecule has 0 saturated carbocycles. The van der Waals surface area contributed by atoms with Gasteiger partial charge in [-0.15, -0.1) is 0 Å². The van der Waals surface area contributed by atoms with E-state index in [0.717, 1.165) is 16.8 Å². The molecule has 1 fully saturated rings. The van der Waals surface area contributed by atoms with E-state index >= 15 is 0 Å². The molecule has 1 atom stereocenters. The Balaban J connectivity index is 1.66. The number of benzene rings is 2. The lowest BCUT2D eigenvalue weighted by Crippen LogP contribution is -2.30. The molecular weight excluding hydrogens is 398 g/mol. The molecule has 1 heterocycles. The van der Waals surface area contributed by atoms with Crippen LogP contribution in [0.4, 0.5) is 5.69 Å². The maximum absolute atomic E-state index is 12.6. The monoisotopic (exact) mass is 425 g/mol. The van der Waals surface area contributed by atoms with Crippen LogP contribution in [0, 0.1) is 19.8 Å². The molecule has 1 N–H and O–H groups in total. The van der Waals surface area contributed by atoms with E-state index in [1.807, 2.05) is 32.0 Å². The lowest BCUT2D eigenvalue weighted by atomic mass is 10.1. The lowest BCUT2D eigenvalue weighted by Gasteiger charge is -2.17. The summed E-state index contributed by atoms with van der Waals surface area (Å²) in [7, 11) is 4.58. The van der Waals surface area contributed by atoms with E-state index in [1.54, 1.807) is 17.0 Å². The Bertz CT molecular complexity index is 993. The summed E-state index contributed by atoms with van der Waals surface area (Å²) < 4.78 is 15.9. The molecule has 8 nitrogen and oxygen atoms in total. The van der Waals surface area contributed by atoms with Gasteiger partial charge < -0.3 is 19.1 Å². The number of amides is 2. The van der Waals surface area contributed by atoms with Crippen LogP contribution in [0.5, 0.6) is 17.2 Å². The van der Waals surface area contributed by atoms with Crippen molar-refractivity contribution in [2.45, 2.75) is 20.3 Å². The van der Waals surface area contributed by atoms with Gasteiger partial charge in [-0.1, -0.05) is 6.07 Å². The Morgan fingerprint density at radius 2 is 1.74 bits per heavy atom. The maximum atomic E-state index is 12.6. The Kier molecular flexibility index (Phi) is 6.79. The van der Waals surface area contributed by atoms with E-state index in [1.165, 1.54) is 27.5 Å². The molecule has 0 unspecified atom stereocenters. The summed E-state index contributed by atoms with van der Waals surface area (Å²) in [5.41, 5.74) is 6.26. The summed E-state index contributed by atoms with van der Waals surface area (Å²) in [6, 6.07) is 9.29. The first-order chi connectivity index (χ1) is 14.9. The highest BCUT2D eigenvalue weighted by Crippen LogP contribution is 2.37. The third-order valence-electron chi connectivity index (χ3n) is 5.37. The van der Waals surface area contributed by atoms with Crippen molar-refractivity contribution in [1.82, 2.24) is 5.43 Å². The first kappa shape index (κ1) is 22.1. The number of hydrogen-bond donors (Lipinski definition) is 1. The largest absolute Gasteiger partial charge is 0.493 e. The summed E-state index contributed by atoms with van der Waals surface area (Å²) in [6.07, 6.45) is 1.64. The van der Waals surface area contributed by atoms with Gasteiger partial charge >= 0.3 is 0 Å². The van der Waals surface area contributed by atoms with Crippen LogP contribution in [0.2, 0.25) is 0 Å². The van der Waals surface area contributed by atoms with E-state index in [9.17, 15) is 9.59 Å². The molecule has 2 aromatic carbocycles. The number of carbonyl (C=O) groups excluding carboxylic acids is 2. The first-order valence-corrected chi connectivity index (χ1v) is 9.88. The molecule has 2 amide bonds. The van der Waals surface area contributed by atoms with Crippen LogP contribution >= 0.6 is 0 Å². The maximum Gasteiger partial charge on any atom is 0.245 e. The minimum Gasteiger partial charge on any atom is -0.493 e. The van der Waals surface area contributed by atoms with Crippen LogP contribution in [0.1, 0.15) is 23.1 Å². The van der Waals surface area contributed by atoms with Crippen LogP contribution in [0.15, 0.2) is 35.4 Å². The molecule has 164 valence electrons. The van der Waals surface area contributed by atoms with Crippen LogP contribution < -0.4 is 24.5 Å². The minimum absolute atomic E-state index is 0.0722. The average Bonchev–Trinajstić information content (AvgIpc) is 3.16. The highest BCUT2D eigenvalue weighted by Gasteiger charge is 2.35. The van der Waals surface area contributed by atoms with Gasteiger partial charge in [0.2, 0.25) is 17.6 Å². The molecule has 3 rings (SSSR count). The molecule has 8 heteroatoms. The van der Waals surface area contributed by atoms with Crippen molar-refractivity contribution in [2.24, 2.45) is 11.0 Å². The third kappa shape index (κ3) is 4.79. The van der Waals surface area contributed by atoms with E-state index in [0.29, 0.717) is 29.4 Å². The summed E-state index contributed by atoms with van der Waals surface area (Å²) in [6.45, 7) is 4.35. The minimum atomic E-state index is -0.466. The highest BCUT2D eigenvalue weighted by atomic mass is 16.5. The fourth-order valence-corrected chi connectivity index (χ4v) is 3.46. The number of hydrazone groups is 1. The number of nitrogens with zero attached hydrogens (tertiary/aromatic N) is 2. The normalized spacial score (nSPS) is 16.0. The Hall–Kier alpha value is -3.55. The molecule has 2 aromatic rings. The van der Waals surface area contributed by atoms with Gasteiger partial charge in [0.05, 0.1) is 33.5 Å². The van der Waals surface area contributed by atoms with Gasteiger partial charge in [0.1, 0.15) is 0 Å². The molecule has 1 aliphatic rings. The third-order valence-corrected chi connectivity index (χ3v) is 5.37. The van der Waals surface area contributed by atoms with Crippen LogP contribution in [0.3, 0.4) is 0 Å². The summed E-state index contributed by atoms with van der Waals surface area (Å²) >= 11 is 0. The predicted molar refractivity (Wildman–Crippen MR) is 118 cm³/mol. The van der Waals surface area contributed by atoms with Gasteiger partial charge in [-0.25, -0.2) is 5.43 Å². The number of carbonyl (C=O) groups is 2. The number of anilines is 1. The van der Waals surface area contributed by atoms with E-state index in [-0.39, 0.29) is 18.2 Å². The van der Waals surface area contributed by atoms with Crippen molar-refractivity contribution in [3.63, 3.8) is 0 Å². The number of rotatable bonds is 7. The smallest absolute Gasteiger partial charge is 0.245 e. The molecule has 0 aromatic heterocycles. The van der Waals surface area contributed by atoms with Gasteiger partial charge in [-0.3, -0.25) is 9.59 Å². The molecule has 31 heavy (non-hydrogen) atoms. The van der Waals surface area contributed by atoms with Gasteiger partial charge in [0.25, 0.3) is 0 Å². The van der Waals surface area contributed by atoms with Crippen molar-refractivity contribution < 1.29 is 23.8 Å². The Labute approximate surface area is 181 Å². The van der Waals surface area contributed by atoms with Gasteiger partial charge in [0, 0.05) is 24.2 Å². The van der Waals surface area contributed by atoms with Crippen LogP contribution in [0.25, 0.3) is 0 Å². The van der Waals surface area contributed by atoms with Crippen molar-refractivity contribution >= 4 is 23.7 Å². The summed E-state index contributed by atoms with van der Waals surface area (Å²) in [4.78, 5) is 26.7. The van der Waals surface area contributed by atoms with Gasteiger partial charge in [0.15, 0.2) is 11.5 Å². The van der Waals surface area contributed by atoms with Crippen molar-refractivity contribution in [3.05, 3.63) is 47.0 Å². The van der Waals surface area contributed by atoms with Crippen molar-refractivity contribution in [3.8, 4) is 17.2 Å². The number of methoxy groups -OCH3 is 3. The average molecular weight is 425 g/mol. The fourth-order valence-electron chi connectivity index (χ4n) is 3.46. The zero-order valence-electron chi connectivity index (χ0n) is 18.4. The predicted octanol–water partition coefficient (Wildman–Crippen LogP) is 2.83. The van der Waals surface area contributed by atoms with Gasteiger partial charge in [-0.2, -0.15) is 5.10 Å². The second-order valence-corrected chi connectivity index (χ2v) is 7.37. The van der Waals surface area contributed by atoms with Crippen LogP contribution in [-0.2, 0) is 9.59 Å².